The van der Waals surface area contributed by atoms with Crippen molar-refractivity contribution in [2.75, 3.05) is 0 Å². The Kier molecular flexibility index (Phi) is 4.13. The van der Waals surface area contributed by atoms with Gasteiger partial charge in [0, 0.05) is 31.5 Å². The van der Waals surface area contributed by atoms with Crippen molar-refractivity contribution in [2.45, 2.75) is 32.0 Å². The Morgan fingerprint density at radius 3 is 2.64 bits per heavy atom. The predicted molar refractivity (Wildman–Crippen MR) is 82.6 cm³/mol. The van der Waals surface area contributed by atoms with Gasteiger partial charge in [0.2, 0.25) is 0 Å². The minimum Gasteiger partial charge on any atom is -0.353 e. The fourth-order valence-corrected chi connectivity index (χ4v) is 2.47. The van der Waals surface area contributed by atoms with E-state index in [4.69, 9.17) is 0 Å². The van der Waals surface area contributed by atoms with Gasteiger partial charge in [0.25, 0.3) is 0 Å². The molecule has 0 aliphatic heterocycles. The number of carbonyl (C=O) groups excluding carboxylic acids is 1. The van der Waals surface area contributed by atoms with Crippen molar-refractivity contribution >= 4 is 6.03 Å². The van der Waals surface area contributed by atoms with Gasteiger partial charge in [-0.05, 0) is 42.7 Å². The molecular formula is C17H20FN3O. The molecule has 3 rings (SSSR count). The second-order valence-corrected chi connectivity index (χ2v) is 5.75. The smallest absolute Gasteiger partial charge is 0.318 e. The topological polar surface area (TPSA) is 37.3 Å². The third-order valence-corrected chi connectivity index (χ3v) is 3.99. The SMILES string of the molecule is Cn1cccc1CN(C(=O)NCc1ccc(F)cc1)C1CC1. The van der Waals surface area contributed by atoms with Crippen LogP contribution in [-0.4, -0.2) is 21.5 Å². The summed E-state index contributed by atoms with van der Waals surface area (Å²) >= 11 is 0. The highest BCUT2D eigenvalue weighted by atomic mass is 19.1. The van der Waals surface area contributed by atoms with Crippen molar-refractivity contribution in [1.82, 2.24) is 14.8 Å². The molecule has 1 heterocycles. The first kappa shape index (κ1) is 14.6. The molecule has 22 heavy (non-hydrogen) atoms. The lowest BCUT2D eigenvalue weighted by molar-refractivity contribution is 0.190. The van der Waals surface area contributed by atoms with Crippen LogP contribution in [0.25, 0.3) is 0 Å². The summed E-state index contributed by atoms with van der Waals surface area (Å²) in [6, 6.07) is 10.5. The number of nitrogens with zero attached hydrogens (tertiary/aromatic N) is 2. The standard InChI is InChI=1S/C17H20FN3O/c1-20-10-2-3-16(20)12-21(15-8-9-15)17(22)19-11-13-4-6-14(18)7-5-13/h2-7,10,15H,8-9,11-12H2,1H3,(H,19,22). The normalized spacial score (nSPS) is 13.9. The fourth-order valence-electron chi connectivity index (χ4n) is 2.47. The third kappa shape index (κ3) is 3.47. The van der Waals surface area contributed by atoms with Gasteiger partial charge in [0.1, 0.15) is 5.82 Å². The van der Waals surface area contributed by atoms with Gasteiger partial charge in [-0.25, -0.2) is 9.18 Å². The molecule has 5 heteroatoms. The average Bonchev–Trinajstić information content (AvgIpc) is 3.27. The number of hydrogen-bond acceptors (Lipinski definition) is 1. The number of aromatic nitrogens is 1. The third-order valence-electron chi connectivity index (χ3n) is 3.99. The lowest BCUT2D eigenvalue weighted by Gasteiger charge is -2.23. The summed E-state index contributed by atoms with van der Waals surface area (Å²) in [7, 11) is 1.98. The van der Waals surface area contributed by atoms with Crippen molar-refractivity contribution in [3.8, 4) is 0 Å². The Hall–Kier alpha value is -2.30. The number of hydrogen-bond donors (Lipinski definition) is 1. The Balaban J connectivity index is 1.60. The van der Waals surface area contributed by atoms with Gasteiger partial charge in [-0.3, -0.25) is 0 Å². The highest BCUT2D eigenvalue weighted by Crippen LogP contribution is 2.28. The zero-order chi connectivity index (χ0) is 15.5. The van der Waals surface area contributed by atoms with Gasteiger partial charge in [0.15, 0.2) is 0 Å². The number of urea groups is 1. The maximum absolute atomic E-state index is 12.9. The van der Waals surface area contributed by atoms with Crippen LogP contribution in [0.4, 0.5) is 9.18 Å². The minimum atomic E-state index is -0.265. The van der Waals surface area contributed by atoms with Crippen LogP contribution in [0.3, 0.4) is 0 Å². The van der Waals surface area contributed by atoms with Crippen LogP contribution in [0.5, 0.6) is 0 Å². The Bertz CT molecular complexity index is 646. The van der Waals surface area contributed by atoms with Crippen molar-refractivity contribution in [2.24, 2.45) is 7.05 Å². The zero-order valence-corrected chi connectivity index (χ0v) is 12.6. The van der Waals surface area contributed by atoms with Crippen LogP contribution in [0.2, 0.25) is 0 Å². The highest BCUT2D eigenvalue weighted by molar-refractivity contribution is 5.74. The summed E-state index contributed by atoms with van der Waals surface area (Å²) < 4.78 is 14.9. The van der Waals surface area contributed by atoms with Gasteiger partial charge in [-0.2, -0.15) is 0 Å². The number of amides is 2. The van der Waals surface area contributed by atoms with Crippen molar-refractivity contribution in [3.63, 3.8) is 0 Å². The first-order valence-corrected chi connectivity index (χ1v) is 7.52. The molecule has 1 aliphatic rings. The molecule has 116 valence electrons. The number of halogens is 1. The molecule has 1 saturated carbocycles. The van der Waals surface area contributed by atoms with E-state index in [0.29, 0.717) is 19.1 Å². The van der Waals surface area contributed by atoms with Gasteiger partial charge in [-0.15, -0.1) is 0 Å². The van der Waals surface area contributed by atoms with E-state index >= 15 is 0 Å². The van der Waals surface area contributed by atoms with E-state index in [0.717, 1.165) is 24.1 Å². The lowest BCUT2D eigenvalue weighted by atomic mass is 10.2. The molecule has 1 aromatic heterocycles. The van der Waals surface area contributed by atoms with Gasteiger partial charge < -0.3 is 14.8 Å². The summed E-state index contributed by atoms with van der Waals surface area (Å²) in [5.41, 5.74) is 2.01. The van der Waals surface area contributed by atoms with E-state index in [9.17, 15) is 9.18 Å². The van der Waals surface area contributed by atoms with E-state index in [2.05, 4.69) is 5.32 Å². The molecule has 2 amide bonds. The average molecular weight is 301 g/mol. The molecule has 0 radical (unpaired) electrons. The maximum atomic E-state index is 12.9. The van der Waals surface area contributed by atoms with Crippen molar-refractivity contribution in [3.05, 3.63) is 59.7 Å². The van der Waals surface area contributed by atoms with Crippen molar-refractivity contribution < 1.29 is 9.18 Å². The molecule has 0 spiro atoms. The summed E-state index contributed by atoms with van der Waals surface area (Å²) in [5, 5.41) is 2.93. The molecule has 2 aromatic rings. The summed E-state index contributed by atoms with van der Waals surface area (Å²) in [6.45, 7) is 1.03. The number of carbonyl (C=O) groups is 1. The Morgan fingerprint density at radius 2 is 2.05 bits per heavy atom. The minimum absolute atomic E-state index is 0.0620. The van der Waals surface area contributed by atoms with E-state index in [1.165, 1.54) is 12.1 Å². The molecule has 1 N–H and O–H groups in total. The number of benzene rings is 1. The summed E-state index contributed by atoms with van der Waals surface area (Å²) in [5.74, 6) is -0.265. The van der Waals surface area contributed by atoms with Crippen LogP contribution >= 0.6 is 0 Å². The van der Waals surface area contributed by atoms with Crippen LogP contribution in [0, 0.1) is 5.82 Å². The number of aryl methyl sites for hydroxylation is 1. The summed E-state index contributed by atoms with van der Waals surface area (Å²) in [4.78, 5) is 14.3. The van der Waals surface area contributed by atoms with Crippen LogP contribution < -0.4 is 5.32 Å². The van der Waals surface area contributed by atoms with E-state index < -0.39 is 0 Å². The zero-order valence-electron chi connectivity index (χ0n) is 12.6. The predicted octanol–water partition coefficient (Wildman–Crippen LogP) is 3.04. The quantitative estimate of drug-likeness (QED) is 0.905. The van der Waals surface area contributed by atoms with Gasteiger partial charge in [-0.1, -0.05) is 12.1 Å². The second-order valence-electron chi connectivity index (χ2n) is 5.75. The maximum Gasteiger partial charge on any atom is 0.318 e. The number of rotatable bonds is 5. The first-order chi connectivity index (χ1) is 10.6. The lowest BCUT2D eigenvalue weighted by Crippen LogP contribution is -2.40. The molecule has 0 bridgehead atoms. The molecule has 1 fully saturated rings. The molecule has 0 unspecified atom stereocenters. The van der Waals surface area contributed by atoms with E-state index in [1.54, 1.807) is 12.1 Å². The summed E-state index contributed by atoms with van der Waals surface area (Å²) in [6.07, 6.45) is 4.11. The van der Waals surface area contributed by atoms with Gasteiger partial charge in [0.05, 0.1) is 6.54 Å². The van der Waals surface area contributed by atoms with Crippen LogP contribution in [0.15, 0.2) is 42.6 Å². The second kappa shape index (κ2) is 6.22. The fraction of sp³-hybridized carbons (Fsp3) is 0.353. The largest absolute Gasteiger partial charge is 0.353 e. The van der Waals surface area contributed by atoms with E-state index in [-0.39, 0.29) is 11.8 Å². The molecular weight excluding hydrogens is 281 g/mol. The van der Waals surface area contributed by atoms with Crippen molar-refractivity contribution in [1.29, 1.82) is 0 Å². The van der Waals surface area contributed by atoms with Gasteiger partial charge >= 0.3 is 6.03 Å². The van der Waals surface area contributed by atoms with Crippen LogP contribution in [-0.2, 0) is 20.1 Å². The monoisotopic (exact) mass is 301 g/mol. The number of nitrogens with one attached hydrogen (secondary N) is 1. The molecule has 1 aliphatic carbocycles. The first-order valence-electron chi connectivity index (χ1n) is 7.52. The Labute approximate surface area is 129 Å². The molecule has 0 atom stereocenters. The van der Waals surface area contributed by atoms with E-state index in [1.807, 2.05) is 34.8 Å². The van der Waals surface area contributed by atoms with Crippen LogP contribution in [0.1, 0.15) is 24.1 Å². The molecule has 1 aromatic carbocycles. The molecule has 4 nitrogen and oxygen atoms in total. The highest BCUT2D eigenvalue weighted by Gasteiger charge is 2.32. The molecule has 0 saturated heterocycles. The Morgan fingerprint density at radius 1 is 1.32 bits per heavy atom.